The van der Waals surface area contributed by atoms with Gasteiger partial charge in [-0.3, -0.25) is 0 Å². The Labute approximate surface area is 154 Å². The average molecular weight is 345 g/mol. The number of benzene rings is 1. The number of ether oxygens (including phenoxy) is 1. The highest BCUT2D eigenvalue weighted by Gasteiger charge is 2.21. The van der Waals surface area contributed by atoms with Gasteiger partial charge < -0.3 is 14.5 Å². The van der Waals surface area contributed by atoms with E-state index in [-0.39, 0.29) is 0 Å². The van der Waals surface area contributed by atoms with Crippen molar-refractivity contribution in [1.29, 1.82) is 0 Å². The standard InChI is InChI=1S/C22H36N2O/c1-3-7-20-13-16-24(18-20)21-9-11-22(12-10-21)25-17-6-15-23-14-5-4-8-19(23)2/h9-12,19-20H,3-8,13-18H2,1-2H3/t19?,20-/m1/s1. The van der Waals surface area contributed by atoms with E-state index in [0.29, 0.717) is 0 Å². The van der Waals surface area contributed by atoms with E-state index in [1.807, 2.05) is 0 Å². The maximum absolute atomic E-state index is 5.96. The van der Waals surface area contributed by atoms with Crippen molar-refractivity contribution < 1.29 is 4.74 Å². The third kappa shape index (κ3) is 5.37. The highest BCUT2D eigenvalue weighted by Crippen LogP contribution is 2.27. The van der Waals surface area contributed by atoms with Gasteiger partial charge in [0.15, 0.2) is 0 Å². The fourth-order valence-electron chi connectivity index (χ4n) is 4.41. The predicted octanol–water partition coefficient (Wildman–Crippen LogP) is 4.96. The topological polar surface area (TPSA) is 15.7 Å². The van der Waals surface area contributed by atoms with Crippen molar-refractivity contribution >= 4 is 5.69 Å². The maximum atomic E-state index is 5.96. The maximum Gasteiger partial charge on any atom is 0.119 e. The molecule has 1 aromatic rings. The Bertz CT molecular complexity index is 501. The van der Waals surface area contributed by atoms with E-state index in [9.17, 15) is 0 Å². The molecule has 2 aliphatic rings. The van der Waals surface area contributed by atoms with Crippen LogP contribution in [0.4, 0.5) is 5.69 Å². The first-order valence-corrected chi connectivity index (χ1v) is 10.5. The van der Waals surface area contributed by atoms with Crippen LogP contribution in [0.5, 0.6) is 5.75 Å². The highest BCUT2D eigenvalue weighted by atomic mass is 16.5. The summed E-state index contributed by atoms with van der Waals surface area (Å²) in [6.45, 7) is 10.4. The number of hydrogen-bond donors (Lipinski definition) is 0. The minimum absolute atomic E-state index is 0.755. The lowest BCUT2D eigenvalue weighted by Crippen LogP contribution is -2.38. The zero-order valence-electron chi connectivity index (χ0n) is 16.3. The molecule has 140 valence electrons. The van der Waals surface area contributed by atoms with Crippen LogP contribution in [-0.4, -0.2) is 43.7 Å². The van der Waals surface area contributed by atoms with Gasteiger partial charge in [-0.05, 0) is 75.8 Å². The minimum atomic E-state index is 0.755. The Balaban J connectivity index is 1.38. The van der Waals surface area contributed by atoms with E-state index >= 15 is 0 Å². The van der Waals surface area contributed by atoms with Crippen molar-refractivity contribution in [2.24, 2.45) is 5.92 Å². The van der Waals surface area contributed by atoms with E-state index in [1.165, 1.54) is 70.4 Å². The molecule has 2 heterocycles. The Morgan fingerprint density at radius 1 is 1.08 bits per heavy atom. The first-order valence-electron chi connectivity index (χ1n) is 10.5. The van der Waals surface area contributed by atoms with E-state index < -0.39 is 0 Å². The summed E-state index contributed by atoms with van der Waals surface area (Å²) in [5, 5.41) is 0. The monoisotopic (exact) mass is 344 g/mol. The summed E-state index contributed by atoms with van der Waals surface area (Å²) in [5.74, 6) is 1.90. The van der Waals surface area contributed by atoms with Crippen molar-refractivity contribution in [1.82, 2.24) is 4.90 Å². The molecule has 3 heteroatoms. The third-order valence-electron chi connectivity index (χ3n) is 5.98. The van der Waals surface area contributed by atoms with Crippen molar-refractivity contribution in [2.75, 3.05) is 37.7 Å². The number of piperidine rings is 1. The molecule has 0 bridgehead atoms. The van der Waals surface area contributed by atoms with E-state index in [0.717, 1.165) is 30.7 Å². The molecule has 0 radical (unpaired) electrons. The van der Waals surface area contributed by atoms with Crippen molar-refractivity contribution in [3.05, 3.63) is 24.3 Å². The highest BCUT2D eigenvalue weighted by molar-refractivity contribution is 5.49. The number of hydrogen-bond acceptors (Lipinski definition) is 3. The molecule has 0 saturated carbocycles. The van der Waals surface area contributed by atoms with Crippen LogP contribution in [0.1, 0.15) is 58.8 Å². The van der Waals surface area contributed by atoms with Crippen LogP contribution >= 0.6 is 0 Å². The summed E-state index contributed by atoms with van der Waals surface area (Å²) < 4.78 is 5.96. The lowest BCUT2D eigenvalue weighted by molar-refractivity contribution is 0.148. The SMILES string of the molecule is CCC[C@@H]1CCN(c2ccc(OCCCN3CCCCC3C)cc2)C1. The van der Waals surface area contributed by atoms with Gasteiger partial charge in [-0.25, -0.2) is 0 Å². The Hall–Kier alpha value is -1.22. The van der Waals surface area contributed by atoms with Gasteiger partial charge in [-0.2, -0.15) is 0 Å². The largest absolute Gasteiger partial charge is 0.494 e. The molecular weight excluding hydrogens is 308 g/mol. The second-order valence-corrected chi connectivity index (χ2v) is 7.97. The number of anilines is 1. The second kappa shape index (κ2) is 9.47. The van der Waals surface area contributed by atoms with Gasteiger partial charge >= 0.3 is 0 Å². The number of likely N-dealkylation sites (tertiary alicyclic amines) is 1. The van der Waals surface area contributed by atoms with Crippen LogP contribution in [0.25, 0.3) is 0 Å². The Morgan fingerprint density at radius 3 is 2.68 bits per heavy atom. The molecule has 1 aromatic carbocycles. The van der Waals surface area contributed by atoms with Gasteiger partial charge in [0.2, 0.25) is 0 Å². The quantitative estimate of drug-likeness (QED) is 0.620. The summed E-state index contributed by atoms with van der Waals surface area (Å²) in [5.41, 5.74) is 1.35. The van der Waals surface area contributed by atoms with Gasteiger partial charge in [0.1, 0.15) is 5.75 Å². The van der Waals surface area contributed by atoms with Crippen molar-refractivity contribution in [2.45, 2.75) is 64.8 Å². The predicted molar refractivity (Wildman–Crippen MR) is 107 cm³/mol. The molecule has 2 saturated heterocycles. The van der Waals surface area contributed by atoms with Crippen LogP contribution in [0, 0.1) is 5.92 Å². The van der Waals surface area contributed by atoms with E-state index in [2.05, 4.69) is 47.9 Å². The van der Waals surface area contributed by atoms with Crippen LogP contribution in [0.15, 0.2) is 24.3 Å². The molecule has 2 atom stereocenters. The van der Waals surface area contributed by atoms with Gasteiger partial charge in [-0.1, -0.05) is 19.8 Å². The minimum Gasteiger partial charge on any atom is -0.494 e. The van der Waals surface area contributed by atoms with E-state index in [1.54, 1.807) is 0 Å². The van der Waals surface area contributed by atoms with Gasteiger partial charge in [-0.15, -0.1) is 0 Å². The molecule has 0 spiro atoms. The zero-order valence-corrected chi connectivity index (χ0v) is 16.3. The third-order valence-corrected chi connectivity index (χ3v) is 5.98. The molecule has 1 unspecified atom stereocenters. The molecule has 2 fully saturated rings. The normalized spacial score (nSPS) is 24.6. The first-order chi connectivity index (χ1) is 12.3. The van der Waals surface area contributed by atoms with Crippen molar-refractivity contribution in [3.8, 4) is 5.75 Å². The molecule has 0 aromatic heterocycles. The molecule has 0 amide bonds. The molecular formula is C22H36N2O. The summed E-state index contributed by atoms with van der Waals surface area (Å²) in [7, 11) is 0. The molecule has 2 aliphatic heterocycles. The van der Waals surface area contributed by atoms with E-state index in [4.69, 9.17) is 4.74 Å². The fraction of sp³-hybridized carbons (Fsp3) is 0.727. The summed E-state index contributed by atoms with van der Waals surface area (Å²) in [6.07, 6.45) is 9.27. The van der Waals surface area contributed by atoms with Gasteiger partial charge in [0.25, 0.3) is 0 Å². The Kier molecular flexibility index (Phi) is 7.03. The molecule has 3 nitrogen and oxygen atoms in total. The molecule has 0 aliphatic carbocycles. The van der Waals surface area contributed by atoms with Gasteiger partial charge in [0, 0.05) is 31.4 Å². The summed E-state index contributed by atoms with van der Waals surface area (Å²) >= 11 is 0. The number of rotatable bonds is 8. The zero-order chi connectivity index (χ0) is 17.5. The van der Waals surface area contributed by atoms with Gasteiger partial charge in [0.05, 0.1) is 6.61 Å². The molecule has 3 rings (SSSR count). The van der Waals surface area contributed by atoms with Crippen LogP contribution in [0.3, 0.4) is 0 Å². The fourth-order valence-corrected chi connectivity index (χ4v) is 4.41. The molecule has 0 N–H and O–H groups in total. The Morgan fingerprint density at radius 2 is 1.92 bits per heavy atom. The summed E-state index contributed by atoms with van der Waals surface area (Å²) in [4.78, 5) is 5.15. The van der Waals surface area contributed by atoms with Crippen LogP contribution in [-0.2, 0) is 0 Å². The summed E-state index contributed by atoms with van der Waals surface area (Å²) in [6, 6.07) is 9.51. The lowest BCUT2D eigenvalue weighted by atomic mass is 10.0. The second-order valence-electron chi connectivity index (χ2n) is 7.97. The smallest absolute Gasteiger partial charge is 0.119 e. The van der Waals surface area contributed by atoms with Crippen LogP contribution in [0.2, 0.25) is 0 Å². The van der Waals surface area contributed by atoms with Crippen LogP contribution < -0.4 is 9.64 Å². The first kappa shape index (κ1) is 18.6. The lowest BCUT2D eigenvalue weighted by Gasteiger charge is -2.33. The number of nitrogens with zero attached hydrogens (tertiary/aromatic N) is 2. The molecule has 25 heavy (non-hydrogen) atoms. The van der Waals surface area contributed by atoms with Crippen molar-refractivity contribution in [3.63, 3.8) is 0 Å². The average Bonchev–Trinajstić information content (AvgIpc) is 3.10.